The lowest BCUT2D eigenvalue weighted by atomic mass is 10.1. The zero-order valence-corrected chi connectivity index (χ0v) is 20.7. The second-order valence-corrected chi connectivity index (χ2v) is 7.78. The fraction of sp³-hybridized carbons (Fsp3) is 0.391. The van der Waals surface area contributed by atoms with Gasteiger partial charge in [-0.15, -0.1) is 24.0 Å². The lowest BCUT2D eigenvalue weighted by Crippen LogP contribution is -2.38. The topological polar surface area (TPSA) is 47.9 Å². The van der Waals surface area contributed by atoms with E-state index in [4.69, 9.17) is 16.6 Å². The van der Waals surface area contributed by atoms with Crippen molar-refractivity contribution in [1.82, 2.24) is 15.1 Å². The van der Waals surface area contributed by atoms with E-state index in [1.807, 2.05) is 48.3 Å². The molecule has 0 bridgehead atoms. The number of guanidine groups is 1. The molecule has 0 radical (unpaired) electrons. The van der Waals surface area contributed by atoms with Crippen LogP contribution in [0.4, 0.5) is 0 Å². The molecule has 0 atom stereocenters. The number of benzene rings is 2. The van der Waals surface area contributed by atoms with E-state index in [2.05, 4.69) is 29.3 Å². The van der Waals surface area contributed by atoms with Gasteiger partial charge in [0.05, 0.1) is 0 Å². The van der Waals surface area contributed by atoms with Gasteiger partial charge >= 0.3 is 0 Å². The first-order chi connectivity index (χ1) is 14.1. The SMILES string of the molecule is CCNC(=NCCCC(=O)N1Cc2ccccc2C1)N(C)Cc1ccc(Cl)cc1.I. The van der Waals surface area contributed by atoms with Gasteiger partial charge in [0.15, 0.2) is 5.96 Å². The van der Waals surface area contributed by atoms with Crippen molar-refractivity contribution in [2.24, 2.45) is 4.99 Å². The maximum Gasteiger partial charge on any atom is 0.223 e. The molecule has 0 saturated carbocycles. The summed E-state index contributed by atoms with van der Waals surface area (Å²) in [7, 11) is 2.02. The number of amides is 1. The van der Waals surface area contributed by atoms with Crippen LogP contribution in [0.1, 0.15) is 36.5 Å². The van der Waals surface area contributed by atoms with Crippen LogP contribution >= 0.6 is 35.6 Å². The Kier molecular flexibility index (Phi) is 9.91. The molecule has 3 rings (SSSR count). The number of carbonyl (C=O) groups excluding carboxylic acids is 1. The number of rotatable bonds is 7. The molecule has 0 unspecified atom stereocenters. The fourth-order valence-corrected chi connectivity index (χ4v) is 3.62. The van der Waals surface area contributed by atoms with Gasteiger partial charge in [-0.2, -0.15) is 0 Å². The summed E-state index contributed by atoms with van der Waals surface area (Å²) >= 11 is 5.96. The van der Waals surface area contributed by atoms with Gasteiger partial charge in [-0.05, 0) is 42.2 Å². The number of nitrogens with one attached hydrogen (secondary N) is 1. The van der Waals surface area contributed by atoms with Gasteiger partial charge in [0.25, 0.3) is 0 Å². The van der Waals surface area contributed by atoms with Gasteiger partial charge in [0.1, 0.15) is 0 Å². The number of halogens is 2. The van der Waals surface area contributed by atoms with E-state index in [-0.39, 0.29) is 29.9 Å². The number of fused-ring (bicyclic) bond motifs is 1. The minimum Gasteiger partial charge on any atom is -0.357 e. The van der Waals surface area contributed by atoms with Crippen LogP contribution in [-0.4, -0.2) is 41.8 Å². The van der Waals surface area contributed by atoms with E-state index in [1.165, 1.54) is 16.7 Å². The van der Waals surface area contributed by atoms with Crippen LogP contribution in [0, 0.1) is 0 Å². The highest BCUT2D eigenvalue weighted by molar-refractivity contribution is 14.0. The Bertz CT molecular complexity index is 832. The third kappa shape index (κ3) is 6.87. The summed E-state index contributed by atoms with van der Waals surface area (Å²) in [5, 5.41) is 4.06. The Balaban J connectivity index is 0.00000320. The minimum atomic E-state index is 0. The Labute approximate surface area is 201 Å². The molecule has 1 amide bonds. The monoisotopic (exact) mass is 540 g/mol. The number of nitrogens with zero attached hydrogens (tertiary/aromatic N) is 3. The highest BCUT2D eigenvalue weighted by atomic mass is 127. The second-order valence-electron chi connectivity index (χ2n) is 7.34. The number of carbonyl (C=O) groups is 1. The van der Waals surface area contributed by atoms with Crippen molar-refractivity contribution in [3.63, 3.8) is 0 Å². The van der Waals surface area contributed by atoms with Crippen LogP contribution in [0.25, 0.3) is 0 Å². The minimum absolute atomic E-state index is 0. The Hall–Kier alpha value is -1.80. The summed E-state index contributed by atoms with van der Waals surface area (Å²) in [5.41, 5.74) is 3.69. The lowest BCUT2D eigenvalue weighted by molar-refractivity contribution is -0.131. The zero-order chi connectivity index (χ0) is 20.6. The van der Waals surface area contributed by atoms with Crippen molar-refractivity contribution in [2.75, 3.05) is 20.1 Å². The predicted octanol–water partition coefficient (Wildman–Crippen LogP) is 4.68. The van der Waals surface area contributed by atoms with Crippen molar-refractivity contribution < 1.29 is 4.79 Å². The van der Waals surface area contributed by atoms with E-state index in [0.29, 0.717) is 13.0 Å². The van der Waals surface area contributed by atoms with Gasteiger partial charge in [0, 0.05) is 51.2 Å². The number of aliphatic imine (C=N–C) groups is 1. The van der Waals surface area contributed by atoms with Crippen molar-refractivity contribution in [2.45, 2.75) is 39.4 Å². The molecule has 0 aliphatic carbocycles. The third-order valence-corrected chi connectivity index (χ3v) is 5.29. The zero-order valence-electron chi connectivity index (χ0n) is 17.6. The van der Waals surface area contributed by atoms with Crippen molar-refractivity contribution in [3.8, 4) is 0 Å². The maximum absolute atomic E-state index is 12.5. The number of hydrogen-bond donors (Lipinski definition) is 1. The highest BCUT2D eigenvalue weighted by Crippen LogP contribution is 2.22. The average molecular weight is 541 g/mol. The average Bonchev–Trinajstić information content (AvgIpc) is 3.16. The van der Waals surface area contributed by atoms with Crippen LogP contribution in [0.2, 0.25) is 5.02 Å². The molecule has 30 heavy (non-hydrogen) atoms. The second kappa shape index (κ2) is 12.2. The molecule has 7 heteroatoms. The van der Waals surface area contributed by atoms with E-state index >= 15 is 0 Å². The summed E-state index contributed by atoms with van der Waals surface area (Å²) < 4.78 is 0. The Morgan fingerprint density at radius 3 is 2.37 bits per heavy atom. The lowest BCUT2D eigenvalue weighted by Gasteiger charge is -2.22. The largest absolute Gasteiger partial charge is 0.357 e. The van der Waals surface area contributed by atoms with Crippen LogP contribution in [-0.2, 0) is 24.4 Å². The van der Waals surface area contributed by atoms with Crippen LogP contribution < -0.4 is 5.32 Å². The van der Waals surface area contributed by atoms with E-state index in [1.54, 1.807) is 0 Å². The first kappa shape index (κ1) is 24.5. The van der Waals surface area contributed by atoms with Crippen LogP contribution in [0.15, 0.2) is 53.5 Å². The molecule has 1 heterocycles. The summed E-state index contributed by atoms with van der Waals surface area (Å²) in [4.78, 5) is 21.3. The molecule has 0 spiro atoms. The molecule has 0 fully saturated rings. The van der Waals surface area contributed by atoms with E-state index < -0.39 is 0 Å². The highest BCUT2D eigenvalue weighted by Gasteiger charge is 2.22. The smallest absolute Gasteiger partial charge is 0.223 e. The van der Waals surface area contributed by atoms with Crippen molar-refractivity contribution in [3.05, 3.63) is 70.2 Å². The van der Waals surface area contributed by atoms with Gasteiger partial charge in [-0.3, -0.25) is 9.79 Å². The third-order valence-electron chi connectivity index (χ3n) is 5.03. The normalized spacial score (nSPS) is 12.9. The molecule has 5 nitrogen and oxygen atoms in total. The molecule has 2 aromatic carbocycles. The van der Waals surface area contributed by atoms with Gasteiger partial charge in [-0.25, -0.2) is 0 Å². The first-order valence-electron chi connectivity index (χ1n) is 10.1. The molecule has 0 aromatic heterocycles. The molecule has 1 aliphatic heterocycles. The molecule has 2 aromatic rings. The molecule has 0 saturated heterocycles. The molecule has 1 N–H and O–H groups in total. The van der Waals surface area contributed by atoms with Gasteiger partial charge in [-0.1, -0.05) is 48.0 Å². The fourth-order valence-electron chi connectivity index (χ4n) is 3.49. The van der Waals surface area contributed by atoms with E-state index in [9.17, 15) is 4.79 Å². The Morgan fingerprint density at radius 2 is 1.77 bits per heavy atom. The first-order valence-corrected chi connectivity index (χ1v) is 10.5. The maximum atomic E-state index is 12.5. The molecule has 162 valence electrons. The summed E-state index contributed by atoms with van der Waals surface area (Å²) in [6.07, 6.45) is 1.27. The Morgan fingerprint density at radius 1 is 1.13 bits per heavy atom. The van der Waals surface area contributed by atoms with Crippen LogP contribution in [0.5, 0.6) is 0 Å². The standard InChI is InChI=1S/C23H29ClN4O.HI/c1-3-25-23(27(2)15-18-10-12-21(24)13-11-18)26-14-6-9-22(29)28-16-19-7-4-5-8-20(19)17-28;/h4-5,7-8,10-13H,3,6,9,14-17H2,1-2H3,(H,25,26);1H. The number of hydrogen-bond acceptors (Lipinski definition) is 2. The summed E-state index contributed by atoms with van der Waals surface area (Å²) in [6, 6.07) is 16.1. The van der Waals surface area contributed by atoms with Crippen LogP contribution in [0.3, 0.4) is 0 Å². The molecular formula is C23H30ClIN4O. The quantitative estimate of drug-likeness (QED) is 0.240. The van der Waals surface area contributed by atoms with E-state index in [0.717, 1.165) is 43.6 Å². The van der Waals surface area contributed by atoms with Crippen molar-refractivity contribution >= 4 is 47.4 Å². The summed E-state index contributed by atoms with van der Waals surface area (Å²) in [6.45, 7) is 5.68. The summed E-state index contributed by atoms with van der Waals surface area (Å²) in [5.74, 6) is 1.05. The molecule has 1 aliphatic rings. The van der Waals surface area contributed by atoms with Gasteiger partial charge in [0.2, 0.25) is 5.91 Å². The van der Waals surface area contributed by atoms with Crippen molar-refractivity contribution in [1.29, 1.82) is 0 Å². The predicted molar refractivity (Wildman–Crippen MR) is 134 cm³/mol. The molecular weight excluding hydrogens is 511 g/mol. The van der Waals surface area contributed by atoms with Gasteiger partial charge < -0.3 is 15.1 Å².